The highest BCUT2D eigenvalue weighted by Crippen LogP contribution is 2.36. The summed E-state index contributed by atoms with van der Waals surface area (Å²) in [5.41, 5.74) is 0.223. The molecule has 0 aliphatic carbocycles. The summed E-state index contributed by atoms with van der Waals surface area (Å²) >= 11 is 0. The molecule has 0 saturated carbocycles. The highest BCUT2D eigenvalue weighted by Gasteiger charge is 2.39. The van der Waals surface area contributed by atoms with E-state index >= 15 is 0 Å². The van der Waals surface area contributed by atoms with Crippen LogP contribution in [0.25, 0.3) is 0 Å². The van der Waals surface area contributed by atoms with Crippen molar-refractivity contribution >= 4 is 0 Å². The molecule has 1 aromatic rings. The van der Waals surface area contributed by atoms with Crippen molar-refractivity contribution in [1.29, 1.82) is 5.26 Å². The third kappa shape index (κ3) is 2.66. The van der Waals surface area contributed by atoms with Gasteiger partial charge in [-0.1, -0.05) is 0 Å². The number of hydrogen-bond acceptors (Lipinski definition) is 2. The first kappa shape index (κ1) is 14.9. The summed E-state index contributed by atoms with van der Waals surface area (Å²) in [5.74, 6) is -4.52. The van der Waals surface area contributed by atoms with Crippen molar-refractivity contribution in [2.75, 3.05) is 13.1 Å². The van der Waals surface area contributed by atoms with Crippen molar-refractivity contribution in [2.24, 2.45) is 5.92 Å². The molecule has 20 heavy (non-hydrogen) atoms. The zero-order valence-corrected chi connectivity index (χ0v) is 11.8. The fraction of sp³-hybridized carbons (Fsp3) is 0.533. The van der Waals surface area contributed by atoms with Gasteiger partial charge in [0.25, 0.3) is 0 Å². The molecule has 108 valence electrons. The van der Waals surface area contributed by atoms with E-state index in [-0.39, 0.29) is 17.4 Å². The fourth-order valence-electron chi connectivity index (χ4n) is 2.61. The van der Waals surface area contributed by atoms with E-state index in [2.05, 4.69) is 11.0 Å². The van der Waals surface area contributed by atoms with E-state index in [4.69, 9.17) is 0 Å². The molecule has 1 fully saturated rings. The Morgan fingerprint density at radius 2 is 1.70 bits per heavy atom. The third-order valence-electron chi connectivity index (χ3n) is 3.87. The van der Waals surface area contributed by atoms with Crippen LogP contribution in [0.3, 0.4) is 0 Å². The van der Waals surface area contributed by atoms with Gasteiger partial charge in [-0.15, -0.1) is 0 Å². The average Bonchev–Trinajstić information content (AvgIpc) is 2.79. The quantitative estimate of drug-likeness (QED) is 0.738. The van der Waals surface area contributed by atoms with Crippen LogP contribution in [0.4, 0.5) is 13.2 Å². The van der Waals surface area contributed by atoms with Gasteiger partial charge in [-0.05, 0) is 38.5 Å². The van der Waals surface area contributed by atoms with Gasteiger partial charge in [-0.25, -0.2) is 13.2 Å². The maximum Gasteiger partial charge on any atom is 0.194 e. The van der Waals surface area contributed by atoms with E-state index in [1.807, 2.05) is 20.8 Å². The molecule has 0 amide bonds. The van der Waals surface area contributed by atoms with Gasteiger partial charge in [0.1, 0.15) is 0 Å². The highest BCUT2D eigenvalue weighted by molar-refractivity contribution is 5.27. The Kier molecular flexibility index (Phi) is 3.79. The molecule has 1 aliphatic heterocycles. The van der Waals surface area contributed by atoms with E-state index < -0.39 is 17.5 Å². The number of hydrogen-bond donors (Lipinski definition) is 0. The fourth-order valence-corrected chi connectivity index (χ4v) is 2.61. The zero-order chi connectivity index (χ0) is 15.1. The molecule has 0 unspecified atom stereocenters. The lowest BCUT2D eigenvalue weighted by Gasteiger charge is -2.31. The van der Waals surface area contributed by atoms with Gasteiger partial charge in [0.15, 0.2) is 17.5 Å². The Morgan fingerprint density at radius 1 is 1.15 bits per heavy atom. The van der Waals surface area contributed by atoms with Gasteiger partial charge in [0, 0.05) is 24.5 Å². The lowest BCUT2D eigenvalue weighted by atomic mass is 9.90. The number of benzene rings is 1. The Balaban J connectivity index is 2.35. The monoisotopic (exact) mass is 282 g/mol. The van der Waals surface area contributed by atoms with Crippen LogP contribution < -0.4 is 0 Å². The predicted octanol–water partition coefficient (Wildman–Crippen LogP) is 3.44. The first-order valence-corrected chi connectivity index (χ1v) is 6.53. The van der Waals surface area contributed by atoms with Crippen LogP contribution >= 0.6 is 0 Å². The molecule has 2 atom stereocenters. The molecule has 1 heterocycles. The molecule has 0 N–H and O–H groups in total. The minimum absolute atomic E-state index is 0.124. The maximum atomic E-state index is 13.3. The van der Waals surface area contributed by atoms with Crippen LogP contribution in [-0.4, -0.2) is 23.5 Å². The molecule has 0 radical (unpaired) electrons. The molecule has 1 aromatic carbocycles. The predicted molar refractivity (Wildman–Crippen MR) is 69.5 cm³/mol. The van der Waals surface area contributed by atoms with Gasteiger partial charge >= 0.3 is 0 Å². The molecule has 0 spiro atoms. The van der Waals surface area contributed by atoms with Crippen molar-refractivity contribution < 1.29 is 13.2 Å². The summed E-state index contributed by atoms with van der Waals surface area (Å²) in [5, 5.41) is 9.24. The minimum atomic E-state index is -1.46. The van der Waals surface area contributed by atoms with E-state index in [9.17, 15) is 18.4 Å². The molecular formula is C15H17F3N2. The van der Waals surface area contributed by atoms with Crippen LogP contribution in [-0.2, 0) is 0 Å². The molecule has 2 nitrogen and oxygen atoms in total. The van der Waals surface area contributed by atoms with E-state index in [1.165, 1.54) is 0 Å². The highest BCUT2D eigenvalue weighted by atomic mass is 19.2. The SMILES string of the molecule is CC(C)(C)N1C[C@@H](C#N)[C@H](c2cc(F)c(F)c(F)c2)C1. The number of rotatable bonds is 1. The topological polar surface area (TPSA) is 27.0 Å². The molecule has 1 aliphatic rings. The summed E-state index contributed by atoms with van der Waals surface area (Å²) < 4.78 is 39.7. The van der Waals surface area contributed by atoms with Crippen LogP contribution in [0.5, 0.6) is 0 Å². The van der Waals surface area contributed by atoms with E-state index in [0.717, 1.165) is 12.1 Å². The van der Waals surface area contributed by atoms with Crippen molar-refractivity contribution in [1.82, 2.24) is 4.90 Å². The van der Waals surface area contributed by atoms with Gasteiger partial charge < -0.3 is 0 Å². The lowest BCUT2D eigenvalue weighted by molar-refractivity contribution is 0.170. The molecule has 0 aromatic heterocycles. The zero-order valence-electron chi connectivity index (χ0n) is 11.8. The van der Waals surface area contributed by atoms with Crippen molar-refractivity contribution in [2.45, 2.75) is 32.2 Å². The number of nitriles is 1. The summed E-state index contributed by atoms with van der Waals surface area (Å²) in [6, 6.07) is 4.19. The molecule has 5 heteroatoms. The van der Waals surface area contributed by atoms with Crippen LogP contribution in [0.2, 0.25) is 0 Å². The second-order valence-corrected chi connectivity index (χ2v) is 6.22. The van der Waals surface area contributed by atoms with Gasteiger partial charge in [-0.3, -0.25) is 4.90 Å². The Labute approximate surface area is 116 Å². The Bertz CT molecular complexity index is 534. The lowest BCUT2D eigenvalue weighted by Crippen LogP contribution is -2.39. The van der Waals surface area contributed by atoms with Crippen molar-refractivity contribution in [3.63, 3.8) is 0 Å². The third-order valence-corrected chi connectivity index (χ3v) is 3.87. The standard InChI is InChI=1S/C15H17F3N2/c1-15(2,3)20-7-10(6-19)11(8-20)9-4-12(16)14(18)13(17)5-9/h4-5,10-11H,7-8H2,1-3H3/t10-,11+/m1/s1. The van der Waals surface area contributed by atoms with Crippen molar-refractivity contribution in [3.05, 3.63) is 35.1 Å². The molecule has 0 bridgehead atoms. The summed E-state index contributed by atoms with van der Waals surface area (Å²) in [6.07, 6.45) is 0. The van der Waals surface area contributed by atoms with Crippen molar-refractivity contribution in [3.8, 4) is 6.07 Å². The largest absolute Gasteiger partial charge is 0.297 e. The van der Waals surface area contributed by atoms with Gasteiger partial charge in [0.2, 0.25) is 0 Å². The Morgan fingerprint density at radius 3 is 2.15 bits per heavy atom. The number of nitrogens with zero attached hydrogens (tertiary/aromatic N) is 2. The van der Waals surface area contributed by atoms with Crippen LogP contribution in [0.15, 0.2) is 12.1 Å². The number of likely N-dealkylation sites (tertiary alicyclic amines) is 1. The maximum absolute atomic E-state index is 13.3. The van der Waals surface area contributed by atoms with E-state index in [1.54, 1.807) is 0 Å². The second-order valence-electron chi connectivity index (χ2n) is 6.22. The Hall–Kier alpha value is -1.54. The van der Waals surface area contributed by atoms with Gasteiger partial charge in [-0.2, -0.15) is 5.26 Å². The van der Waals surface area contributed by atoms with Crippen LogP contribution in [0, 0.1) is 34.7 Å². The van der Waals surface area contributed by atoms with Gasteiger partial charge in [0.05, 0.1) is 12.0 Å². The van der Waals surface area contributed by atoms with E-state index in [0.29, 0.717) is 18.7 Å². The molecular weight excluding hydrogens is 265 g/mol. The summed E-state index contributed by atoms with van der Waals surface area (Å²) in [4.78, 5) is 2.10. The van der Waals surface area contributed by atoms with Crippen LogP contribution in [0.1, 0.15) is 32.3 Å². The number of halogens is 3. The average molecular weight is 282 g/mol. The first-order valence-electron chi connectivity index (χ1n) is 6.53. The summed E-state index contributed by atoms with van der Waals surface area (Å²) in [6.45, 7) is 7.15. The molecule has 2 rings (SSSR count). The normalized spacial score (nSPS) is 23.9. The first-order chi connectivity index (χ1) is 9.24. The smallest absolute Gasteiger partial charge is 0.194 e. The second kappa shape index (κ2) is 5.10. The minimum Gasteiger partial charge on any atom is -0.297 e. The summed E-state index contributed by atoms with van der Waals surface area (Å²) in [7, 11) is 0. The molecule has 1 saturated heterocycles.